The first-order valence-corrected chi connectivity index (χ1v) is 16.9. The number of fused-ring (bicyclic) bond motifs is 2. The van der Waals surface area contributed by atoms with Gasteiger partial charge in [0.2, 0.25) is 5.75 Å². The van der Waals surface area contributed by atoms with Gasteiger partial charge >= 0.3 is 0 Å². The van der Waals surface area contributed by atoms with Gasteiger partial charge in [-0.3, -0.25) is 9.69 Å². The molecule has 4 aromatic carbocycles. The Morgan fingerprint density at radius 1 is 0.780 bits per heavy atom. The molecular formula is C40H41N3O7. The van der Waals surface area contributed by atoms with E-state index >= 15 is 0 Å². The van der Waals surface area contributed by atoms with E-state index in [2.05, 4.69) is 47.8 Å². The quantitative estimate of drug-likeness (QED) is 0.208. The van der Waals surface area contributed by atoms with Crippen molar-refractivity contribution in [2.45, 2.75) is 37.8 Å². The Hall–Kier alpha value is -5.19. The molecule has 0 radical (unpaired) electrons. The zero-order valence-electron chi connectivity index (χ0n) is 29.1. The van der Waals surface area contributed by atoms with Gasteiger partial charge in [0.15, 0.2) is 34.5 Å². The molecule has 0 saturated heterocycles. The van der Waals surface area contributed by atoms with Gasteiger partial charge in [0, 0.05) is 30.8 Å². The number of hydrogen-bond acceptors (Lipinski definition) is 9. The van der Waals surface area contributed by atoms with Gasteiger partial charge in [0.1, 0.15) is 5.75 Å². The van der Waals surface area contributed by atoms with Crippen LogP contribution in [0, 0.1) is 0 Å². The Bertz CT molecular complexity index is 2010. The van der Waals surface area contributed by atoms with E-state index in [4.69, 9.17) is 28.4 Å². The number of methoxy groups -OCH3 is 4. The number of rotatable bonds is 5. The summed E-state index contributed by atoms with van der Waals surface area (Å²) in [5, 5.41) is 3.80. The molecule has 0 saturated carbocycles. The smallest absolute Gasteiger partial charge is 0.264 e. The van der Waals surface area contributed by atoms with Crippen LogP contribution in [-0.4, -0.2) is 64.4 Å². The second-order valence-electron chi connectivity index (χ2n) is 13.1. The summed E-state index contributed by atoms with van der Waals surface area (Å²) in [6.45, 7) is 5.35. The van der Waals surface area contributed by atoms with Crippen molar-refractivity contribution in [2.75, 3.05) is 53.6 Å². The summed E-state index contributed by atoms with van der Waals surface area (Å²) in [5.41, 5.74) is 7.23. The zero-order chi connectivity index (χ0) is 34.7. The SMILES string of the molecule is C=CC(=O)N1c2cc(OC)c3cc2C[C@H]2c4c(cc(OC)c(OC)c4Oc4cc5c(cc4OC)CCN(C)[C@H]5Cc4ccc(cc4)O3)CCN21. The van der Waals surface area contributed by atoms with Crippen LogP contribution in [-0.2, 0) is 30.5 Å². The maximum absolute atomic E-state index is 13.8. The van der Waals surface area contributed by atoms with Gasteiger partial charge in [-0.05, 0) is 103 Å². The third-order valence-electron chi connectivity index (χ3n) is 10.5. The van der Waals surface area contributed by atoms with Crippen LogP contribution in [0.4, 0.5) is 5.69 Å². The lowest BCUT2D eigenvalue weighted by Crippen LogP contribution is -2.54. The number of nitrogens with zero attached hydrogens (tertiary/aromatic N) is 3. The molecule has 50 heavy (non-hydrogen) atoms. The van der Waals surface area contributed by atoms with Crippen LogP contribution in [0.5, 0.6) is 46.0 Å². The number of hydrogen-bond donors (Lipinski definition) is 0. The molecule has 5 aliphatic rings. The van der Waals surface area contributed by atoms with E-state index in [1.165, 1.54) is 22.8 Å². The Labute approximate surface area is 292 Å². The number of benzene rings is 4. The lowest BCUT2D eigenvalue weighted by Gasteiger charge is -2.48. The Balaban J connectivity index is 1.41. The highest BCUT2D eigenvalue weighted by atomic mass is 16.5. The number of hydrazine groups is 1. The average Bonchev–Trinajstić information content (AvgIpc) is 3.14. The summed E-state index contributed by atoms with van der Waals surface area (Å²) < 4.78 is 37.3. The van der Waals surface area contributed by atoms with Gasteiger partial charge in [0.05, 0.1) is 40.2 Å². The highest BCUT2D eigenvalue weighted by Gasteiger charge is 2.43. The molecule has 258 valence electrons. The number of likely N-dealkylation sites (N-methyl/N-ethyl adjacent to an activating group) is 1. The summed E-state index contributed by atoms with van der Waals surface area (Å²) in [4.78, 5) is 16.1. The Morgan fingerprint density at radius 2 is 1.48 bits per heavy atom. The van der Waals surface area contributed by atoms with Crippen LogP contribution < -0.4 is 33.4 Å². The summed E-state index contributed by atoms with van der Waals surface area (Å²) >= 11 is 0. The third kappa shape index (κ3) is 5.13. The van der Waals surface area contributed by atoms with Crippen molar-refractivity contribution < 1.29 is 33.2 Å². The van der Waals surface area contributed by atoms with Crippen molar-refractivity contribution in [3.63, 3.8) is 0 Å². The molecule has 1 amide bonds. The number of ether oxygens (including phenoxy) is 6. The normalized spacial score (nSPS) is 19.1. The molecule has 10 nitrogen and oxygen atoms in total. The Morgan fingerprint density at radius 3 is 2.20 bits per heavy atom. The van der Waals surface area contributed by atoms with Crippen molar-refractivity contribution in [3.05, 3.63) is 101 Å². The number of anilines is 1. The van der Waals surface area contributed by atoms with E-state index in [1.54, 1.807) is 33.4 Å². The van der Waals surface area contributed by atoms with Crippen LogP contribution in [0.2, 0.25) is 0 Å². The molecule has 0 aliphatic carbocycles. The maximum Gasteiger partial charge on any atom is 0.264 e. The fourth-order valence-electron chi connectivity index (χ4n) is 8.05. The van der Waals surface area contributed by atoms with Crippen molar-refractivity contribution in [1.82, 2.24) is 9.91 Å². The number of carbonyl (C=O) groups excluding carboxylic acids is 1. The maximum atomic E-state index is 13.8. The van der Waals surface area contributed by atoms with Crippen LogP contribution in [0.25, 0.3) is 0 Å². The molecule has 0 N–H and O–H groups in total. The van der Waals surface area contributed by atoms with Gasteiger partial charge in [-0.25, -0.2) is 10.0 Å². The topological polar surface area (TPSA) is 82.2 Å². The lowest BCUT2D eigenvalue weighted by atomic mass is 9.85. The molecule has 7 bridgehead atoms. The van der Waals surface area contributed by atoms with Crippen molar-refractivity contribution in [3.8, 4) is 46.0 Å². The van der Waals surface area contributed by atoms with E-state index < -0.39 is 0 Å². The van der Waals surface area contributed by atoms with Crippen LogP contribution in [0.15, 0.2) is 67.3 Å². The van der Waals surface area contributed by atoms with Gasteiger partial charge in [-0.1, -0.05) is 18.7 Å². The first kappa shape index (κ1) is 32.0. The fraction of sp³-hybridized carbons (Fsp3) is 0.325. The molecular weight excluding hydrogens is 634 g/mol. The average molecular weight is 676 g/mol. The van der Waals surface area contributed by atoms with E-state index in [9.17, 15) is 4.79 Å². The van der Waals surface area contributed by atoms with Gasteiger partial charge < -0.3 is 28.4 Å². The van der Waals surface area contributed by atoms with E-state index in [0.717, 1.165) is 41.8 Å². The van der Waals surface area contributed by atoms with E-state index in [-0.39, 0.29) is 18.0 Å². The molecule has 9 rings (SSSR count). The molecule has 0 aromatic heterocycles. The predicted octanol–water partition coefficient (Wildman–Crippen LogP) is 6.98. The second-order valence-corrected chi connectivity index (χ2v) is 13.1. The largest absolute Gasteiger partial charge is 0.493 e. The van der Waals surface area contributed by atoms with Crippen LogP contribution >= 0.6 is 0 Å². The first-order valence-electron chi connectivity index (χ1n) is 16.9. The van der Waals surface area contributed by atoms with Gasteiger partial charge in [-0.15, -0.1) is 0 Å². The molecule has 4 aromatic rings. The molecule has 0 spiro atoms. The molecule has 10 heteroatoms. The summed E-state index contributed by atoms with van der Waals surface area (Å²) in [5.74, 6) is 4.35. The minimum Gasteiger partial charge on any atom is -0.493 e. The number of carbonyl (C=O) groups is 1. The minimum absolute atomic E-state index is 0.112. The highest BCUT2D eigenvalue weighted by molar-refractivity contribution is 6.01. The number of amides is 1. The first-order chi connectivity index (χ1) is 24.3. The fourth-order valence-corrected chi connectivity index (χ4v) is 8.05. The monoisotopic (exact) mass is 675 g/mol. The summed E-state index contributed by atoms with van der Waals surface area (Å²) in [6.07, 6.45) is 4.25. The third-order valence-corrected chi connectivity index (χ3v) is 10.5. The lowest BCUT2D eigenvalue weighted by molar-refractivity contribution is -0.118. The minimum atomic E-state index is -0.299. The molecule has 0 fully saturated rings. The van der Waals surface area contributed by atoms with Crippen LogP contribution in [0.3, 0.4) is 0 Å². The summed E-state index contributed by atoms with van der Waals surface area (Å²) in [6, 6.07) is 18.2. The van der Waals surface area contributed by atoms with Gasteiger partial charge in [-0.2, -0.15) is 0 Å². The van der Waals surface area contributed by atoms with E-state index in [1.807, 2.05) is 30.3 Å². The Kier molecular flexibility index (Phi) is 8.08. The summed E-state index contributed by atoms with van der Waals surface area (Å²) in [7, 11) is 8.71. The highest BCUT2D eigenvalue weighted by Crippen LogP contribution is 2.54. The zero-order valence-corrected chi connectivity index (χ0v) is 29.1. The molecule has 0 unspecified atom stereocenters. The van der Waals surface area contributed by atoms with Crippen molar-refractivity contribution >= 4 is 11.6 Å². The van der Waals surface area contributed by atoms with Crippen molar-refractivity contribution in [1.29, 1.82) is 0 Å². The van der Waals surface area contributed by atoms with Crippen molar-refractivity contribution in [2.24, 2.45) is 0 Å². The van der Waals surface area contributed by atoms with Crippen LogP contribution in [0.1, 0.15) is 45.5 Å². The molecule has 5 aliphatic heterocycles. The molecule has 2 atom stereocenters. The standard InChI is InChI=1S/C40H41N3O7/c1-7-37(44)43-29-22-33(46-4)34-20-26(29)17-31-38-25(13-15-42(31)43)19-36(47-5)39(48-6)40(38)50-35-21-28-24(18-32(35)45-3)12-14-41(2)30(28)16-23-8-10-27(49-34)11-9-23/h7-11,18-22,30-31H,1,12-17H2,2-6H3/t30-,31-/m0/s1. The predicted molar refractivity (Wildman–Crippen MR) is 189 cm³/mol. The molecule has 5 heterocycles. The van der Waals surface area contributed by atoms with Gasteiger partial charge in [0.25, 0.3) is 5.91 Å². The second kappa shape index (κ2) is 12.6. The van der Waals surface area contributed by atoms with E-state index in [0.29, 0.717) is 65.4 Å².